The molecule has 0 atom stereocenters. The standard InChI is InChI=1S/C19H16ClFN2O/c20-16-4-1-15(12-22)18(11-16)23-9-7-14(8-10-23)19(24)13-2-5-17(21)6-3-13/h1-6,11,14H,7-10H2. The van der Waals surface area contributed by atoms with Crippen LogP contribution in [-0.2, 0) is 0 Å². The highest BCUT2D eigenvalue weighted by molar-refractivity contribution is 6.30. The lowest BCUT2D eigenvalue weighted by Crippen LogP contribution is -2.36. The first-order valence-electron chi connectivity index (χ1n) is 7.83. The van der Waals surface area contributed by atoms with Crippen LogP contribution in [0.5, 0.6) is 0 Å². The summed E-state index contributed by atoms with van der Waals surface area (Å²) < 4.78 is 13.0. The van der Waals surface area contributed by atoms with Gasteiger partial charge in [-0.1, -0.05) is 11.6 Å². The van der Waals surface area contributed by atoms with Gasteiger partial charge in [0, 0.05) is 29.6 Å². The number of carbonyl (C=O) groups is 1. The monoisotopic (exact) mass is 342 g/mol. The second-order valence-corrected chi connectivity index (χ2v) is 6.34. The van der Waals surface area contributed by atoms with Crippen molar-refractivity contribution < 1.29 is 9.18 Å². The summed E-state index contributed by atoms with van der Waals surface area (Å²) in [6.45, 7) is 1.37. The average Bonchev–Trinajstić information content (AvgIpc) is 2.62. The molecule has 1 fully saturated rings. The van der Waals surface area contributed by atoms with E-state index in [0.29, 0.717) is 42.1 Å². The molecular weight excluding hydrogens is 327 g/mol. The summed E-state index contributed by atoms with van der Waals surface area (Å²) in [6, 6.07) is 13.1. The third kappa shape index (κ3) is 3.42. The third-order valence-electron chi connectivity index (χ3n) is 4.42. The van der Waals surface area contributed by atoms with Crippen molar-refractivity contribution in [2.45, 2.75) is 12.8 Å². The summed E-state index contributed by atoms with van der Waals surface area (Å²) in [7, 11) is 0. The van der Waals surface area contributed by atoms with E-state index in [4.69, 9.17) is 11.6 Å². The van der Waals surface area contributed by atoms with E-state index in [0.717, 1.165) is 5.69 Å². The van der Waals surface area contributed by atoms with Gasteiger partial charge in [-0.3, -0.25) is 4.79 Å². The van der Waals surface area contributed by atoms with Crippen LogP contribution in [-0.4, -0.2) is 18.9 Å². The van der Waals surface area contributed by atoms with Crippen molar-refractivity contribution in [1.29, 1.82) is 5.26 Å². The molecule has 0 unspecified atom stereocenters. The molecule has 1 aliphatic heterocycles. The summed E-state index contributed by atoms with van der Waals surface area (Å²) in [5, 5.41) is 9.84. The van der Waals surface area contributed by atoms with Crippen LogP contribution in [0, 0.1) is 23.1 Å². The van der Waals surface area contributed by atoms with Crippen LogP contribution in [0.3, 0.4) is 0 Å². The minimum absolute atomic E-state index is 0.0567. The van der Waals surface area contributed by atoms with Gasteiger partial charge < -0.3 is 4.90 Å². The van der Waals surface area contributed by atoms with Crippen LogP contribution >= 0.6 is 11.6 Å². The van der Waals surface area contributed by atoms with Crippen LogP contribution in [0.15, 0.2) is 42.5 Å². The summed E-state index contributed by atoms with van der Waals surface area (Å²) in [5.41, 5.74) is 1.95. The number of ketones is 1. The molecule has 0 radical (unpaired) electrons. The number of rotatable bonds is 3. The Labute approximate surface area is 145 Å². The highest BCUT2D eigenvalue weighted by atomic mass is 35.5. The number of piperidine rings is 1. The molecule has 0 N–H and O–H groups in total. The second-order valence-electron chi connectivity index (χ2n) is 5.91. The topological polar surface area (TPSA) is 44.1 Å². The van der Waals surface area contributed by atoms with E-state index < -0.39 is 0 Å². The predicted molar refractivity (Wildman–Crippen MR) is 91.8 cm³/mol. The molecule has 122 valence electrons. The van der Waals surface area contributed by atoms with E-state index in [1.54, 1.807) is 18.2 Å². The van der Waals surface area contributed by atoms with Crippen LogP contribution in [0.2, 0.25) is 5.02 Å². The van der Waals surface area contributed by atoms with Crippen molar-refractivity contribution in [2.75, 3.05) is 18.0 Å². The largest absolute Gasteiger partial charge is 0.370 e. The van der Waals surface area contributed by atoms with Gasteiger partial charge >= 0.3 is 0 Å². The lowest BCUT2D eigenvalue weighted by atomic mass is 9.88. The molecule has 0 saturated carbocycles. The fourth-order valence-electron chi connectivity index (χ4n) is 3.09. The smallest absolute Gasteiger partial charge is 0.166 e. The van der Waals surface area contributed by atoms with Crippen LogP contribution in [0.1, 0.15) is 28.8 Å². The highest BCUT2D eigenvalue weighted by Crippen LogP contribution is 2.30. The van der Waals surface area contributed by atoms with Gasteiger partial charge in [0.25, 0.3) is 0 Å². The van der Waals surface area contributed by atoms with E-state index in [1.165, 1.54) is 24.3 Å². The molecule has 0 amide bonds. The summed E-state index contributed by atoms with van der Waals surface area (Å²) in [5.74, 6) is -0.357. The Hall–Kier alpha value is -2.38. The van der Waals surface area contributed by atoms with Gasteiger partial charge in [0.1, 0.15) is 11.9 Å². The Morgan fingerprint density at radius 2 is 1.83 bits per heavy atom. The zero-order chi connectivity index (χ0) is 17.1. The zero-order valence-electron chi connectivity index (χ0n) is 13.0. The summed E-state index contributed by atoms with van der Waals surface area (Å²) >= 11 is 6.04. The summed E-state index contributed by atoms with van der Waals surface area (Å²) in [4.78, 5) is 14.6. The fraction of sp³-hybridized carbons (Fsp3) is 0.263. The van der Waals surface area contributed by atoms with Gasteiger partial charge in [0.2, 0.25) is 0 Å². The van der Waals surface area contributed by atoms with Crippen LogP contribution < -0.4 is 4.90 Å². The van der Waals surface area contributed by atoms with E-state index in [2.05, 4.69) is 11.0 Å². The van der Waals surface area contributed by atoms with Gasteiger partial charge in [-0.25, -0.2) is 4.39 Å². The Bertz CT molecular complexity index is 790. The molecule has 0 aliphatic carbocycles. The maximum absolute atomic E-state index is 13.0. The molecule has 24 heavy (non-hydrogen) atoms. The number of hydrogen-bond donors (Lipinski definition) is 0. The zero-order valence-corrected chi connectivity index (χ0v) is 13.8. The lowest BCUT2D eigenvalue weighted by Gasteiger charge is -2.33. The SMILES string of the molecule is N#Cc1ccc(Cl)cc1N1CCC(C(=O)c2ccc(F)cc2)CC1. The molecule has 1 aliphatic rings. The number of hydrogen-bond acceptors (Lipinski definition) is 3. The second kappa shape index (κ2) is 7.02. The minimum Gasteiger partial charge on any atom is -0.370 e. The number of benzene rings is 2. The number of carbonyl (C=O) groups excluding carboxylic acids is 1. The first-order chi connectivity index (χ1) is 11.6. The van der Waals surface area contributed by atoms with Crippen molar-refractivity contribution in [3.63, 3.8) is 0 Å². The molecule has 3 rings (SSSR count). The Morgan fingerprint density at radius 3 is 2.46 bits per heavy atom. The number of anilines is 1. The maximum Gasteiger partial charge on any atom is 0.166 e. The first kappa shape index (κ1) is 16.5. The minimum atomic E-state index is -0.341. The van der Waals surface area contributed by atoms with E-state index in [1.807, 2.05) is 0 Å². The van der Waals surface area contributed by atoms with Gasteiger partial charge in [0.15, 0.2) is 5.78 Å². The quantitative estimate of drug-likeness (QED) is 0.774. The van der Waals surface area contributed by atoms with Crippen LogP contribution in [0.4, 0.5) is 10.1 Å². The third-order valence-corrected chi connectivity index (χ3v) is 4.65. The lowest BCUT2D eigenvalue weighted by molar-refractivity contribution is 0.0900. The molecular formula is C19H16ClFN2O. The molecule has 2 aromatic carbocycles. The number of nitrogens with zero attached hydrogens (tertiary/aromatic N) is 2. The van der Waals surface area contributed by atoms with Crippen molar-refractivity contribution in [3.05, 3.63) is 64.4 Å². The van der Waals surface area contributed by atoms with Crippen molar-refractivity contribution in [1.82, 2.24) is 0 Å². The Kier molecular flexibility index (Phi) is 4.82. The van der Waals surface area contributed by atoms with Crippen molar-refractivity contribution in [3.8, 4) is 6.07 Å². The Balaban J connectivity index is 1.70. The number of nitriles is 1. The fourth-order valence-corrected chi connectivity index (χ4v) is 3.26. The van der Waals surface area contributed by atoms with Gasteiger partial charge in [0.05, 0.1) is 11.3 Å². The normalized spacial score (nSPS) is 15.1. The van der Waals surface area contributed by atoms with Crippen molar-refractivity contribution >= 4 is 23.1 Å². The van der Waals surface area contributed by atoms with Crippen molar-refractivity contribution in [2.24, 2.45) is 5.92 Å². The molecule has 3 nitrogen and oxygen atoms in total. The number of halogens is 2. The molecule has 1 heterocycles. The average molecular weight is 343 g/mol. The molecule has 2 aromatic rings. The first-order valence-corrected chi connectivity index (χ1v) is 8.20. The molecule has 1 saturated heterocycles. The van der Waals surface area contributed by atoms with E-state index in [9.17, 15) is 14.4 Å². The van der Waals surface area contributed by atoms with Gasteiger partial charge in [-0.05, 0) is 55.3 Å². The molecule has 0 aromatic heterocycles. The van der Waals surface area contributed by atoms with E-state index in [-0.39, 0.29) is 17.5 Å². The molecule has 0 bridgehead atoms. The van der Waals surface area contributed by atoms with E-state index >= 15 is 0 Å². The molecule has 0 spiro atoms. The van der Waals surface area contributed by atoms with Gasteiger partial charge in [-0.2, -0.15) is 5.26 Å². The molecule has 5 heteroatoms. The van der Waals surface area contributed by atoms with Crippen LogP contribution in [0.25, 0.3) is 0 Å². The number of Topliss-reactive ketones (excluding diaryl/α,β-unsaturated/α-hetero) is 1. The Morgan fingerprint density at radius 1 is 1.17 bits per heavy atom. The predicted octanol–water partition coefficient (Wildman–Crippen LogP) is 4.45. The van der Waals surface area contributed by atoms with Gasteiger partial charge in [-0.15, -0.1) is 0 Å². The summed E-state index contributed by atoms with van der Waals surface area (Å²) in [6.07, 6.45) is 1.40. The maximum atomic E-state index is 13.0. The highest BCUT2D eigenvalue weighted by Gasteiger charge is 2.27.